The van der Waals surface area contributed by atoms with Crippen LogP contribution in [0.1, 0.15) is 13.3 Å². The standard InChI is InChI=1S/C15H36N2O3.2C2H3F3NO4S2/c1-6-7-16(2,3)9-12-19-14-15-20-13-10-17(4,5)8-11-18;2*1-11(7,8)6-12(9,10)2(3,4)5/h18H,6-15H2,1-5H3;2*1H3/q+2;2*-1. The van der Waals surface area contributed by atoms with E-state index in [0.29, 0.717) is 19.8 Å². The largest absolute Gasteiger partial charge is 0.480 e. The summed E-state index contributed by atoms with van der Waals surface area (Å²) in [6.07, 6.45) is 1.70. The lowest BCUT2D eigenvalue weighted by atomic mass is 10.4. The second kappa shape index (κ2) is 19.0. The summed E-state index contributed by atoms with van der Waals surface area (Å²) in [5.74, 6) is 0. The minimum atomic E-state index is -5.92. The third-order valence-electron chi connectivity index (χ3n) is 4.64. The van der Waals surface area contributed by atoms with Gasteiger partial charge in [0.25, 0.3) is 0 Å². The number of sulfonamides is 4. The van der Waals surface area contributed by atoms with Crippen LogP contribution in [0.3, 0.4) is 0 Å². The molecule has 0 saturated heterocycles. The second-order valence-electron chi connectivity index (χ2n) is 10.2. The monoisotopic (exact) mass is 744 g/mol. The van der Waals surface area contributed by atoms with Gasteiger partial charge in [0.15, 0.2) is 20.0 Å². The number of rotatable bonds is 17. The Morgan fingerprint density at radius 2 is 0.886 bits per heavy atom. The Hall–Kier alpha value is -0.900. The summed E-state index contributed by atoms with van der Waals surface area (Å²) in [5, 5.41) is 8.93. The highest BCUT2D eigenvalue weighted by molar-refractivity contribution is 8.12. The summed E-state index contributed by atoms with van der Waals surface area (Å²) in [7, 11) is -12.2. The van der Waals surface area contributed by atoms with Crippen LogP contribution in [0.4, 0.5) is 26.3 Å². The summed E-state index contributed by atoms with van der Waals surface area (Å²) in [6.45, 7) is 9.20. The predicted octanol–water partition coefficient (Wildman–Crippen LogP) is 0.913. The lowest BCUT2D eigenvalue weighted by Gasteiger charge is -2.29. The van der Waals surface area contributed by atoms with Crippen LogP contribution in [0.15, 0.2) is 0 Å². The summed E-state index contributed by atoms with van der Waals surface area (Å²) in [4.78, 5) is 0. The van der Waals surface area contributed by atoms with E-state index < -0.39 is 51.1 Å². The van der Waals surface area contributed by atoms with E-state index in [2.05, 4.69) is 35.1 Å². The zero-order valence-electron chi connectivity index (χ0n) is 25.3. The molecule has 0 aromatic heterocycles. The number of nitrogens with zero attached hydrogens (tertiary/aromatic N) is 4. The molecule has 0 radical (unpaired) electrons. The molecule has 0 fully saturated rings. The molecule has 0 heterocycles. The fraction of sp³-hybridized carbons (Fsp3) is 1.00. The van der Waals surface area contributed by atoms with E-state index in [4.69, 9.17) is 14.6 Å². The van der Waals surface area contributed by atoms with Gasteiger partial charge in [0, 0.05) is 12.5 Å². The molecule has 15 nitrogen and oxygen atoms in total. The molecule has 25 heteroatoms. The van der Waals surface area contributed by atoms with Crippen LogP contribution in [-0.4, -0.2) is 159 Å². The number of hydrogen-bond donors (Lipinski definition) is 1. The predicted molar refractivity (Wildman–Crippen MR) is 149 cm³/mol. The van der Waals surface area contributed by atoms with Gasteiger partial charge >= 0.3 is 11.0 Å². The average Bonchev–Trinajstić information content (AvgIpc) is 2.71. The van der Waals surface area contributed by atoms with E-state index in [1.165, 1.54) is 13.0 Å². The minimum Gasteiger partial charge on any atom is -0.429 e. The summed E-state index contributed by atoms with van der Waals surface area (Å²) in [6, 6.07) is 0. The van der Waals surface area contributed by atoms with Gasteiger partial charge in [-0.25, -0.2) is 33.7 Å². The van der Waals surface area contributed by atoms with Gasteiger partial charge in [-0.05, 0) is 6.42 Å². The minimum absolute atomic E-state index is 0.224. The van der Waals surface area contributed by atoms with E-state index in [1.807, 2.05) is 0 Å². The molecule has 0 atom stereocenters. The highest BCUT2D eigenvalue weighted by Crippen LogP contribution is 2.30. The van der Waals surface area contributed by atoms with Crippen LogP contribution in [0.2, 0.25) is 0 Å². The molecule has 0 aliphatic carbocycles. The number of hydrogen-bond acceptors (Lipinski definition) is 11. The van der Waals surface area contributed by atoms with Crippen LogP contribution in [-0.2, 0) is 49.6 Å². The Kier molecular flexibility index (Phi) is 20.6. The first kappa shape index (κ1) is 47.5. The molecule has 270 valence electrons. The molecule has 0 amide bonds. The van der Waals surface area contributed by atoms with Gasteiger partial charge in [-0.3, -0.25) is 0 Å². The number of ether oxygens (including phenoxy) is 2. The Labute approximate surface area is 255 Å². The van der Waals surface area contributed by atoms with Crippen LogP contribution in [0, 0.1) is 0 Å². The number of quaternary nitrogens is 2. The summed E-state index contributed by atoms with van der Waals surface area (Å²) < 4.78 is 165. The highest BCUT2D eigenvalue weighted by atomic mass is 32.3. The van der Waals surface area contributed by atoms with Crippen LogP contribution in [0.25, 0.3) is 8.25 Å². The normalized spacial score (nSPS) is 13.9. The first-order valence-electron chi connectivity index (χ1n) is 12.2. The van der Waals surface area contributed by atoms with Crippen molar-refractivity contribution in [2.75, 3.05) is 99.9 Å². The molecule has 0 aliphatic heterocycles. The smallest absolute Gasteiger partial charge is 0.429 e. The maximum Gasteiger partial charge on any atom is 0.480 e. The van der Waals surface area contributed by atoms with Crippen molar-refractivity contribution in [1.29, 1.82) is 0 Å². The molecule has 0 aliphatic rings. The number of likely N-dealkylation sites (N-methyl/N-ethyl adjacent to an activating group) is 2. The van der Waals surface area contributed by atoms with Crippen LogP contribution in [0.5, 0.6) is 0 Å². The zero-order chi connectivity index (χ0) is 35.9. The molecule has 0 bridgehead atoms. The molecule has 44 heavy (non-hydrogen) atoms. The quantitative estimate of drug-likeness (QED) is 0.126. The molecular formula is C19H42F6N4O11S4. The van der Waals surface area contributed by atoms with Gasteiger partial charge in [0.2, 0.25) is 0 Å². The molecule has 0 aromatic rings. The number of aliphatic hydroxyl groups excluding tert-OH is 1. The van der Waals surface area contributed by atoms with Crippen molar-refractivity contribution in [3.63, 3.8) is 0 Å². The van der Waals surface area contributed by atoms with Crippen molar-refractivity contribution in [2.24, 2.45) is 0 Å². The Balaban J connectivity index is -0.000000606. The van der Waals surface area contributed by atoms with E-state index >= 15 is 0 Å². The van der Waals surface area contributed by atoms with Gasteiger partial charge in [-0.1, -0.05) is 6.92 Å². The molecule has 0 spiro atoms. The average molecular weight is 745 g/mol. The van der Waals surface area contributed by atoms with Gasteiger partial charge < -0.3 is 31.8 Å². The first-order chi connectivity index (χ1) is 19.2. The molecule has 1 N–H and O–H groups in total. The number of aliphatic hydroxyl groups is 1. The van der Waals surface area contributed by atoms with Crippen molar-refractivity contribution >= 4 is 40.1 Å². The number of halogens is 6. The maximum atomic E-state index is 11.4. The van der Waals surface area contributed by atoms with Crippen molar-refractivity contribution in [2.45, 2.75) is 24.4 Å². The van der Waals surface area contributed by atoms with Crippen LogP contribution >= 0.6 is 0 Å². The molecule has 0 saturated carbocycles. The van der Waals surface area contributed by atoms with Crippen molar-refractivity contribution < 1.29 is 83.6 Å². The summed E-state index contributed by atoms with van der Waals surface area (Å²) >= 11 is 0. The van der Waals surface area contributed by atoms with E-state index in [1.54, 1.807) is 8.25 Å². The topological polar surface area (TPSA) is 203 Å². The Morgan fingerprint density at radius 1 is 0.591 bits per heavy atom. The van der Waals surface area contributed by atoms with E-state index in [0.717, 1.165) is 35.2 Å². The van der Waals surface area contributed by atoms with Crippen molar-refractivity contribution in [3.8, 4) is 0 Å². The van der Waals surface area contributed by atoms with E-state index in [9.17, 15) is 60.0 Å². The van der Waals surface area contributed by atoms with Crippen molar-refractivity contribution in [3.05, 3.63) is 8.25 Å². The fourth-order valence-electron chi connectivity index (χ4n) is 2.49. The highest BCUT2D eigenvalue weighted by Gasteiger charge is 2.40. The van der Waals surface area contributed by atoms with Crippen molar-refractivity contribution in [1.82, 2.24) is 0 Å². The van der Waals surface area contributed by atoms with Crippen LogP contribution < -0.4 is 0 Å². The first-order valence-corrected chi connectivity index (χ1v) is 18.7. The van der Waals surface area contributed by atoms with Gasteiger partial charge in [-0.2, -0.15) is 26.3 Å². The van der Waals surface area contributed by atoms with Gasteiger partial charge in [0.05, 0.1) is 87.8 Å². The lowest BCUT2D eigenvalue weighted by Crippen LogP contribution is -2.44. The Bertz CT molecular complexity index is 1160. The van der Waals surface area contributed by atoms with Gasteiger partial charge in [-0.15, -0.1) is 0 Å². The lowest BCUT2D eigenvalue weighted by molar-refractivity contribution is -0.891. The molecule has 0 unspecified atom stereocenters. The fourth-order valence-corrected chi connectivity index (χ4v) is 6.01. The third kappa shape index (κ3) is 26.3. The SMILES string of the molecule is CCC[N+](C)(C)CCOCCOCC[N+](C)(C)CCO.CS(=O)(=O)[N-]S(=O)(=O)C(F)(F)F.CS(=O)(=O)[N-]S(=O)(=O)C(F)(F)F. The molecule has 0 aromatic carbocycles. The Morgan fingerprint density at radius 3 is 1.09 bits per heavy atom. The third-order valence-corrected chi connectivity index (χ3v) is 9.55. The number of alkyl halides is 6. The maximum absolute atomic E-state index is 11.4. The zero-order valence-corrected chi connectivity index (χ0v) is 28.6. The van der Waals surface area contributed by atoms with E-state index in [-0.39, 0.29) is 19.1 Å². The second-order valence-corrected chi connectivity index (χ2v) is 17.1. The molecular weight excluding hydrogens is 702 g/mol. The summed E-state index contributed by atoms with van der Waals surface area (Å²) in [5.41, 5.74) is -11.3. The molecule has 0 rings (SSSR count). The van der Waals surface area contributed by atoms with Gasteiger partial charge in [0.1, 0.15) is 19.6 Å².